The van der Waals surface area contributed by atoms with Crippen LogP contribution in [0.2, 0.25) is 0 Å². The van der Waals surface area contributed by atoms with Crippen molar-refractivity contribution in [3.8, 4) is 0 Å². The number of rotatable bonds is 5. The molecule has 0 radical (unpaired) electrons. The van der Waals surface area contributed by atoms with Gasteiger partial charge in [0.2, 0.25) is 5.91 Å². The van der Waals surface area contributed by atoms with Gasteiger partial charge in [-0.05, 0) is 37.9 Å². The van der Waals surface area contributed by atoms with Crippen LogP contribution in [0.5, 0.6) is 0 Å². The maximum atomic E-state index is 13.8. The van der Waals surface area contributed by atoms with Gasteiger partial charge >= 0.3 is 0 Å². The number of aliphatic hydroxyl groups excluding tert-OH is 1. The summed E-state index contributed by atoms with van der Waals surface area (Å²) in [6.45, 7) is 4.07. The highest BCUT2D eigenvalue weighted by atomic mass is 79.9. The lowest BCUT2D eigenvalue weighted by Crippen LogP contribution is -2.49. The van der Waals surface area contributed by atoms with E-state index < -0.39 is 6.10 Å². The third kappa shape index (κ3) is 4.75. The molecular weight excluding hydrogens is 525 g/mol. The molecule has 1 saturated heterocycles. The maximum absolute atomic E-state index is 13.8. The topological polar surface area (TPSA) is 55.8 Å². The Kier molecular flexibility index (Phi) is 6.72. The largest absolute Gasteiger partial charge is 0.388 e. The first-order valence-corrected chi connectivity index (χ1v) is 12.0. The van der Waals surface area contributed by atoms with Gasteiger partial charge in [0.25, 0.3) is 0 Å². The van der Waals surface area contributed by atoms with Gasteiger partial charge in [0.15, 0.2) is 0 Å². The number of aliphatic hydroxyl groups is 1. The normalized spacial score (nSPS) is 22.6. The molecule has 29 heavy (non-hydrogen) atoms. The SMILES string of the molecule is O=C(CN1CCN(Cc2ccccc2F)CC1)NC1CC(O)c2c(Br)sc(Br)c21. The lowest BCUT2D eigenvalue weighted by molar-refractivity contribution is -0.123. The minimum Gasteiger partial charge on any atom is -0.388 e. The maximum Gasteiger partial charge on any atom is 0.234 e. The Morgan fingerprint density at radius 1 is 1.14 bits per heavy atom. The second kappa shape index (κ2) is 9.11. The van der Waals surface area contributed by atoms with Crippen molar-refractivity contribution in [1.29, 1.82) is 0 Å². The number of halogens is 3. The van der Waals surface area contributed by atoms with Gasteiger partial charge in [-0.2, -0.15) is 0 Å². The number of amides is 1. The van der Waals surface area contributed by atoms with E-state index in [2.05, 4.69) is 47.0 Å². The molecule has 2 aromatic rings. The van der Waals surface area contributed by atoms with Gasteiger partial charge < -0.3 is 10.4 Å². The van der Waals surface area contributed by atoms with E-state index in [1.807, 2.05) is 12.1 Å². The molecule has 9 heteroatoms. The molecule has 2 heterocycles. The highest BCUT2D eigenvalue weighted by Crippen LogP contribution is 2.50. The molecule has 2 N–H and O–H groups in total. The van der Waals surface area contributed by atoms with Crippen LogP contribution in [-0.4, -0.2) is 53.5 Å². The summed E-state index contributed by atoms with van der Waals surface area (Å²) in [5.41, 5.74) is 2.58. The highest BCUT2D eigenvalue weighted by Gasteiger charge is 2.36. The zero-order valence-corrected chi connectivity index (χ0v) is 19.7. The lowest BCUT2D eigenvalue weighted by atomic mass is 10.1. The van der Waals surface area contributed by atoms with Crippen molar-refractivity contribution in [1.82, 2.24) is 15.1 Å². The molecule has 0 bridgehead atoms. The molecule has 5 nitrogen and oxygen atoms in total. The third-order valence-electron chi connectivity index (χ3n) is 5.55. The van der Waals surface area contributed by atoms with Crippen molar-refractivity contribution in [3.63, 3.8) is 0 Å². The number of nitrogens with zero attached hydrogens (tertiary/aromatic N) is 2. The second-order valence-corrected chi connectivity index (χ2v) is 11.1. The molecule has 1 amide bonds. The zero-order chi connectivity index (χ0) is 20.5. The molecule has 2 unspecified atom stereocenters. The van der Waals surface area contributed by atoms with E-state index >= 15 is 0 Å². The molecule has 4 rings (SSSR count). The molecule has 2 aliphatic rings. The molecule has 0 saturated carbocycles. The van der Waals surface area contributed by atoms with Crippen LogP contribution < -0.4 is 5.32 Å². The van der Waals surface area contributed by atoms with E-state index in [4.69, 9.17) is 0 Å². The number of carbonyl (C=O) groups is 1. The summed E-state index contributed by atoms with van der Waals surface area (Å²) in [6, 6.07) is 6.70. The number of carbonyl (C=O) groups excluding carboxylic acids is 1. The van der Waals surface area contributed by atoms with Gasteiger partial charge in [0.05, 0.1) is 26.3 Å². The number of fused-ring (bicyclic) bond motifs is 1. The summed E-state index contributed by atoms with van der Waals surface area (Å²) in [6.07, 6.45) is -0.0634. The fourth-order valence-electron chi connectivity index (χ4n) is 4.04. The zero-order valence-electron chi connectivity index (χ0n) is 15.7. The van der Waals surface area contributed by atoms with E-state index in [1.165, 1.54) is 17.4 Å². The highest BCUT2D eigenvalue weighted by molar-refractivity contribution is 9.12. The quantitative estimate of drug-likeness (QED) is 0.598. The minimum absolute atomic E-state index is 0.0353. The van der Waals surface area contributed by atoms with E-state index in [0.717, 1.165) is 44.9 Å². The molecule has 1 aromatic heterocycles. The fraction of sp³-hybridized carbons (Fsp3) is 0.450. The summed E-state index contributed by atoms with van der Waals surface area (Å²) >= 11 is 8.56. The lowest BCUT2D eigenvalue weighted by Gasteiger charge is -2.34. The second-order valence-electron chi connectivity index (χ2n) is 7.49. The minimum atomic E-state index is -0.561. The summed E-state index contributed by atoms with van der Waals surface area (Å²) < 4.78 is 15.7. The van der Waals surface area contributed by atoms with Crippen LogP contribution in [0.1, 0.15) is 35.3 Å². The van der Waals surface area contributed by atoms with Crippen molar-refractivity contribution >= 4 is 49.1 Å². The van der Waals surface area contributed by atoms with Crippen LogP contribution in [0.3, 0.4) is 0 Å². The molecule has 1 aliphatic carbocycles. The molecular formula is C20H22Br2FN3O2S. The number of benzene rings is 1. The van der Waals surface area contributed by atoms with E-state index in [0.29, 0.717) is 25.1 Å². The predicted molar refractivity (Wildman–Crippen MR) is 118 cm³/mol. The van der Waals surface area contributed by atoms with Crippen LogP contribution in [0.25, 0.3) is 0 Å². The average molecular weight is 547 g/mol. The van der Waals surface area contributed by atoms with E-state index in [-0.39, 0.29) is 17.8 Å². The first kappa shape index (κ1) is 21.4. The fourth-order valence-corrected chi connectivity index (χ4v) is 7.51. The number of hydrogen-bond acceptors (Lipinski definition) is 5. The Morgan fingerprint density at radius 3 is 2.52 bits per heavy atom. The summed E-state index contributed by atoms with van der Waals surface area (Å²) in [4.78, 5) is 16.9. The van der Waals surface area contributed by atoms with Gasteiger partial charge in [-0.1, -0.05) is 18.2 Å². The number of hydrogen-bond donors (Lipinski definition) is 2. The van der Waals surface area contributed by atoms with Gasteiger partial charge in [-0.15, -0.1) is 11.3 Å². The first-order valence-electron chi connectivity index (χ1n) is 9.55. The number of thiophene rings is 1. The summed E-state index contributed by atoms with van der Waals surface area (Å²) in [5, 5.41) is 13.4. The molecule has 0 spiro atoms. The monoisotopic (exact) mass is 545 g/mol. The Morgan fingerprint density at radius 2 is 1.79 bits per heavy atom. The van der Waals surface area contributed by atoms with E-state index in [9.17, 15) is 14.3 Å². The molecule has 1 aliphatic heterocycles. The standard InChI is InChI=1S/C20H22Br2FN3O2S/c21-19-17-14(9-15(27)18(17)20(22)29-19)24-16(28)11-26-7-5-25(6-8-26)10-12-3-1-2-4-13(12)23/h1-4,14-15,27H,5-11H2,(H,24,28). The van der Waals surface area contributed by atoms with Gasteiger partial charge in [0, 0.05) is 55.8 Å². The van der Waals surface area contributed by atoms with Gasteiger partial charge in [0.1, 0.15) is 5.82 Å². The Hall–Kier alpha value is -0.840. The Balaban J connectivity index is 1.27. The molecule has 1 aromatic carbocycles. The van der Waals surface area contributed by atoms with Crippen molar-refractivity contribution in [2.24, 2.45) is 0 Å². The van der Waals surface area contributed by atoms with Crippen LogP contribution in [0.15, 0.2) is 31.8 Å². The average Bonchev–Trinajstić information content (AvgIpc) is 3.16. The van der Waals surface area contributed by atoms with Gasteiger partial charge in [-0.25, -0.2) is 4.39 Å². The van der Waals surface area contributed by atoms with Crippen LogP contribution in [0, 0.1) is 5.82 Å². The van der Waals surface area contributed by atoms with Crippen molar-refractivity contribution in [3.05, 3.63) is 54.3 Å². The number of nitrogens with one attached hydrogen (secondary N) is 1. The van der Waals surface area contributed by atoms with E-state index in [1.54, 1.807) is 6.07 Å². The van der Waals surface area contributed by atoms with Crippen molar-refractivity contribution in [2.45, 2.75) is 25.1 Å². The number of piperazine rings is 1. The Bertz CT molecular complexity index is 902. The molecule has 2 atom stereocenters. The summed E-state index contributed by atoms with van der Waals surface area (Å²) in [7, 11) is 0. The Labute approximate surface area is 190 Å². The molecule has 1 fully saturated rings. The third-order valence-corrected chi connectivity index (χ3v) is 8.18. The summed E-state index contributed by atoms with van der Waals surface area (Å²) in [5.74, 6) is -0.203. The van der Waals surface area contributed by atoms with Gasteiger partial charge in [-0.3, -0.25) is 14.6 Å². The predicted octanol–water partition coefficient (Wildman–Crippen LogP) is 3.82. The molecule has 156 valence electrons. The van der Waals surface area contributed by atoms with Crippen LogP contribution >= 0.6 is 43.2 Å². The first-order chi connectivity index (χ1) is 13.9. The van der Waals surface area contributed by atoms with Crippen LogP contribution in [0.4, 0.5) is 4.39 Å². The van der Waals surface area contributed by atoms with Crippen LogP contribution in [-0.2, 0) is 11.3 Å². The van der Waals surface area contributed by atoms with Crippen molar-refractivity contribution in [2.75, 3.05) is 32.7 Å². The smallest absolute Gasteiger partial charge is 0.234 e. The van der Waals surface area contributed by atoms with Crippen molar-refractivity contribution < 1.29 is 14.3 Å².